The fraction of sp³-hybridized carbons (Fsp3) is 0.263. The van der Waals surface area contributed by atoms with Crippen molar-refractivity contribution >= 4 is 33.4 Å². The molecule has 2 aromatic carbocycles. The lowest BCUT2D eigenvalue weighted by atomic mass is 10.1. The summed E-state index contributed by atoms with van der Waals surface area (Å²) >= 11 is 3.36. The number of rotatable bonds is 5. The van der Waals surface area contributed by atoms with E-state index in [9.17, 15) is 14.0 Å². The molecule has 2 aromatic rings. The molecule has 1 aliphatic heterocycles. The van der Waals surface area contributed by atoms with Gasteiger partial charge in [-0.25, -0.2) is 4.39 Å². The van der Waals surface area contributed by atoms with Crippen LogP contribution < -0.4 is 5.32 Å². The summed E-state index contributed by atoms with van der Waals surface area (Å²) in [6.07, 6.45) is 0.870. The van der Waals surface area contributed by atoms with Crippen LogP contribution in [0.15, 0.2) is 53.0 Å². The number of anilines is 1. The van der Waals surface area contributed by atoms with Gasteiger partial charge in [0.1, 0.15) is 5.82 Å². The first kappa shape index (κ1) is 17.6. The van der Waals surface area contributed by atoms with Crippen LogP contribution in [0.5, 0.6) is 0 Å². The molecule has 1 aliphatic rings. The molecule has 0 saturated carbocycles. The Balaban J connectivity index is 1.54. The van der Waals surface area contributed by atoms with E-state index in [1.165, 1.54) is 12.1 Å². The Kier molecular flexibility index (Phi) is 5.48. The van der Waals surface area contributed by atoms with Crippen molar-refractivity contribution in [1.29, 1.82) is 0 Å². The molecule has 4 nitrogen and oxygen atoms in total. The number of likely N-dealkylation sites (tertiary alicyclic amines) is 1. The lowest BCUT2D eigenvalue weighted by Crippen LogP contribution is -2.30. The van der Waals surface area contributed by atoms with Crippen molar-refractivity contribution in [2.75, 3.05) is 18.4 Å². The Labute approximate surface area is 154 Å². The zero-order chi connectivity index (χ0) is 17.8. The summed E-state index contributed by atoms with van der Waals surface area (Å²) in [6, 6.07) is 13.6. The molecule has 0 bridgehead atoms. The molecule has 130 valence electrons. The number of carbonyl (C=O) groups is 2. The molecule has 25 heavy (non-hydrogen) atoms. The summed E-state index contributed by atoms with van der Waals surface area (Å²) in [5.41, 5.74) is 1.67. The van der Waals surface area contributed by atoms with Gasteiger partial charge in [0, 0.05) is 29.7 Å². The van der Waals surface area contributed by atoms with Crippen LogP contribution in [-0.4, -0.2) is 29.8 Å². The Morgan fingerprint density at radius 3 is 2.72 bits per heavy atom. The molecule has 3 rings (SSSR count). The minimum atomic E-state index is -0.348. The number of nitrogens with zero attached hydrogens (tertiary/aromatic N) is 1. The fourth-order valence-corrected chi connectivity index (χ4v) is 3.29. The normalized spacial score (nSPS) is 17.0. The highest BCUT2D eigenvalue weighted by Gasteiger charge is 2.34. The molecule has 1 heterocycles. The van der Waals surface area contributed by atoms with E-state index in [0.717, 1.165) is 10.0 Å². The number of hydrogen-bond acceptors (Lipinski definition) is 2. The lowest BCUT2D eigenvalue weighted by molar-refractivity contribution is -0.128. The maximum atomic E-state index is 12.9. The molecule has 2 amide bonds. The number of benzene rings is 2. The molecule has 0 spiro atoms. The van der Waals surface area contributed by atoms with Crippen LogP contribution in [0.25, 0.3) is 0 Å². The minimum absolute atomic E-state index is 0.0171. The van der Waals surface area contributed by atoms with Crippen molar-refractivity contribution in [2.45, 2.75) is 12.8 Å². The lowest BCUT2D eigenvalue weighted by Gasteiger charge is -2.16. The predicted molar refractivity (Wildman–Crippen MR) is 97.6 cm³/mol. The molecule has 1 N–H and O–H groups in total. The molecular formula is C19H18BrFN2O2. The van der Waals surface area contributed by atoms with E-state index < -0.39 is 0 Å². The first-order chi connectivity index (χ1) is 12.0. The van der Waals surface area contributed by atoms with Gasteiger partial charge in [-0.1, -0.05) is 34.1 Å². The first-order valence-corrected chi connectivity index (χ1v) is 8.89. The SMILES string of the molecule is O=C(Nc1cccc(Br)c1)C1CC(=O)N(CCc2ccc(F)cc2)C1. The molecule has 1 atom stereocenters. The van der Waals surface area contributed by atoms with Crippen LogP contribution in [0.4, 0.5) is 10.1 Å². The smallest absolute Gasteiger partial charge is 0.229 e. The predicted octanol–water partition coefficient (Wildman–Crippen LogP) is 3.62. The van der Waals surface area contributed by atoms with Crippen molar-refractivity contribution in [2.24, 2.45) is 5.92 Å². The van der Waals surface area contributed by atoms with Crippen LogP contribution in [0.3, 0.4) is 0 Å². The number of carbonyl (C=O) groups excluding carboxylic acids is 2. The topological polar surface area (TPSA) is 49.4 Å². The maximum Gasteiger partial charge on any atom is 0.229 e. The van der Waals surface area contributed by atoms with Crippen molar-refractivity contribution in [3.63, 3.8) is 0 Å². The minimum Gasteiger partial charge on any atom is -0.342 e. The fourth-order valence-electron chi connectivity index (χ4n) is 2.89. The van der Waals surface area contributed by atoms with E-state index in [2.05, 4.69) is 21.2 Å². The van der Waals surface area contributed by atoms with Crippen molar-refractivity contribution < 1.29 is 14.0 Å². The van der Waals surface area contributed by atoms with Gasteiger partial charge in [0.25, 0.3) is 0 Å². The van der Waals surface area contributed by atoms with Gasteiger partial charge < -0.3 is 10.2 Å². The Morgan fingerprint density at radius 2 is 2.00 bits per heavy atom. The standard InChI is InChI=1S/C19H18BrFN2O2/c20-15-2-1-3-17(11-15)22-19(25)14-10-18(24)23(12-14)9-8-13-4-6-16(21)7-5-13/h1-7,11,14H,8-10,12H2,(H,22,25). The average Bonchev–Trinajstić information content (AvgIpc) is 2.95. The van der Waals surface area contributed by atoms with Crippen LogP contribution in [0.2, 0.25) is 0 Å². The van der Waals surface area contributed by atoms with E-state index >= 15 is 0 Å². The second-order valence-electron chi connectivity index (χ2n) is 6.12. The number of halogens is 2. The third-order valence-corrected chi connectivity index (χ3v) is 4.75. The van der Waals surface area contributed by atoms with Gasteiger partial charge in [-0.05, 0) is 42.3 Å². The van der Waals surface area contributed by atoms with Crippen LogP contribution in [0.1, 0.15) is 12.0 Å². The van der Waals surface area contributed by atoms with E-state index in [1.54, 1.807) is 17.0 Å². The highest BCUT2D eigenvalue weighted by atomic mass is 79.9. The Morgan fingerprint density at radius 1 is 1.24 bits per heavy atom. The zero-order valence-electron chi connectivity index (χ0n) is 13.5. The van der Waals surface area contributed by atoms with Gasteiger partial charge >= 0.3 is 0 Å². The molecular weight excluding hydrogens is 387 g/mol. The van der Waals surface area contributed by atoms with E-state index in [4.69, 9.17) is 0 Å². The molecule has 0 aromatic heterocycles. The van der Waals surface area contributed by atoms with Crippen LogP contribution >= 0.6 is 15.9 Å². The molecule has 0 radical (unpaired) electrons. The van der Waals surface area contributed by atoms with E-state index in [1.807, 2.05) is 24.3 Å². The molecule has 1 unspecified atom stereocenters. The summed E-state index contributed by atoms with van der Waals surface area (Å²) in [6.45, 7) is 0.949. The van der Waals surface area contributed by atoms with Crippen LogP contribution in [-0.2, 0) is 16.0 Å². The molecule has 1 saturated heterocycles. The maximum absolute atomic E-state index is 12.9. The highest BCUT2D eigenvalue weighted by Crippen LogP contribution is 2.22. The third-order valence-electron chi connectivity index (χ3n) is 4.26. The second-order valence-corrected chi connectivity index (χ2v) is 7.03. The van der Waals surface area contributed by atoms with Gasteiger partial charge in [0.05, 0.1) is 5.92 Å². The Bertz CT molecular complexity index is 779. The average molecular weight is 405 g/mol. The monoisotopic (exact) mass is 404 g/mol. The first-order valence-electron chi connectivity index (χ1n) is 8.10. The van der Waals surface area contributed by atoms with E-state index in [0.29, 0.717) is 25.2 Å². The molecule has 0 aliphatic carbocycles. The van der Waals surface area contributed by atoms with Gasteiger partial charge in [-0.2, -0.15) is 0 Å². The summed E-state index contributed by atoms with van der Waals surface area (Å²) in [4.78, 5) is 26.2. The highest BCUT2D eigenvalue weighted by molar-refractivity contribution is 9.10. The van der Waals surface area contributed by atoms with Gasteiger partial charge in [-0.3, -0.25) is 9.59 Å². The van der Waals surface area contributed by atoms with E-state index in [-0.39, 0.29) is 30.0 Å². The zero-order valence-corrected chi connectivity index (χ0v) is 15.1. The van der Waals surface area contributed by atoms with Gasteiger partial charge in [0.15, 0.2) is 0 Å². The largest absolute Gasteiger partial charge is 0.342 e. The van der Waals surface area contributed by atoms with Gasteiger partial charge in [0.2, 0.25) is 11.8 Å². The Hall–Kier alpha value is -2.21. The van der Waals surface area contributed by atoms with Crippen molar-refractivity contribution in [3.8, 4) is 0 Å². The summed E-state index contributed by atoms with van der Waals surface area (Å²) in [7, 11) is 0. The van der Waals surface area contributed by atoms with Crippen molar-refractivity contribution in [3.05, 3.63) is 64.4 Å². The number of hydrogen-bond donors (Lipinski definition) is 1. The van der Waals surface area contributed by atoms with Gasteiger partial charge in [-0.15, -0.1) is 0 Å². The molecule has 1 fully saturated rings. The molecule has 6 heteroatoms. The summed E-state index contributed by atoms with van der Waals surface area (Å²) < 4.78 is 13.8. The van der Waals surface area contributed by atoms with Crippen molar-refractivity contribution in [1.82, 2.24) is 4.90 Å². The second kappa shape index (κ2) is 7.78. The number of nitrogens with one attached hydrogen (secondary N) is 1. The summed E-state index contributed by atoms with van der Waals surface area (Å²) in [5.74, 6) is -0.780. The third kappa shape index (κ3) is 4.66. The summed E-state index contributed by atoms with van der Waals surface area (Å²) in [5, 5.41) is 2.86. The van der Waals surface area contributed by atoms with Crippen LogP contribution in [0, 0.1) is 11.7 Å². The quantitative estimate of drug-likeness (QED) is 0.826. The number of amides is 2.